The number of anilines is 2. The lowest BCUT2D eigenvalue weighted by atomic mass is 10.3. The average Bonchev–Trinajstić information content (AvgIpc) is 2.38. The summed E-state index contributed by atoms with van der Waals surface area (Å²) in [5.41, 5.74) is 6.29. The minimum Gasteiger partial charge on any atom is -0.398 e. The van der Waals surface area contributed by atoms with Gasteiger partial charge in [0.1, 0.15) is 0 Å². The van der Waals surface area contributed by atoms with Crippen LogP contribution in [0.1, 0.15) is 0 Å². The first-order valence-electron chi connectivity index (χ1n) is 5.33. The van der Waals surface area contributed by atoms with E-state index in [-0.39, 0.29) is 20.6 Å². The molecular weight excluding hydrogens is 387 g/mol. The van der Waals surface area contributed by atoms with Crippen LogP contribution in [-0.4, -0.2) is 8.42 Å². The Kier molecular flexibility index (Phi) is 4.49. The number of rotatable bonds is 3. The zero-order valence-electron chi connectivity index (χ0n) is 9.90. The van der Waals surface area contributed by atoms with Crippen molar-refractivity contribution >= 4 is 60.5 Å². The van der Waals surface area contributed by atoms with Crippen molar-refractivity contribution in [3.8, 4) is 0 Å². The Balaban J connectivity index is 2.41. The topological polar surface area (TPSA) is 72.2 Å². The average molecular weight is 396 g/mol. The van der Waals surface area contributed by atoms with Gasteiger partial charge in [-0.15, -0.1) is 0 Å². The van der Waals surface area contributed by atoms with Crippen LogP contribution in [0.3, 0.4) is 0 Å². The molecule has 0 aromatic heterocycles. The Hall–Kier alpha value is -0.950. The summed E-state index contributed by atoms with van der Waals surface area (Å²) in [5, 5.41) is 0.414. The van der Waals surface area contributed by atoms with Gasteiger partial charge in [-0.1, -0.05) is 29.3 Å². The quantitative estimate of drug-likeness (QED) is 0.767. The lowest BCUT2D eigenvalue weighted by Crippen LogP contribution is -2.13. The van der Waals surface area contributed by atoms with Crippen molar-refractivity contribution in [2.24, 2.45) is 0 Å². The maximum absolute atomic E-state index is 12.3. The summed E-state index contributed by atoms with van der Waals surface area (Å²) in [6.07, 6.45) is 0. The molecule has 0 fully saturated rings. The molecule has 2 rings (SSSR count). The highest BCUT2D eigenvalue weighted by molar-refractivity contribution is 9.10. The van der Waals surface area contributed by atoms with Gasteiger partial charge >= 0.3 is 0 Å². The standard InChI is InChI=1S/C12H9BrCl2N2O2S/c13-8-6-7(4-5-10(8)16)20(18,19)17-11-3-1-2-9(14)12(11)15/h1-6,17H,16H2. The molecule has 4 nitrogen and oxygen atoms in total. The number of halogens is 3. The summed E-state index contributed by atoms with van der Waals surface area (Å²) in [5.74, 6) is 0. The Bertz CT molecular complexity index is 766. The number of hydrogen-bond donors (Lipinski definition) is 2. The van der Waals surface area contributed by atoms with E-state index >= 15 is 0 Å². The molecule has 0 spiro atoms. The van der Waals surface area contributed by atoms with E-state index in [2.05, 4.69) is 20.7 Å². The maximum Gasteiger partial charge on any atom is 0.261 e. The molecule has 0 radical (unpaired) electrons. The van der Waals surface area contributed by atoms with Crippen LogP contribution in [0.15, 0.2) is 45.8 Å². The fourth-order valence-electron chi connectivity index (χ4n) is 1.46. The number of nitrogens with two attached hydrogens (primary N) is 1. The van der Waals surface area contributed by atoms with Crippen LogP contribution in [0, 0.1) is 0 Å². The van der Waals surface area contributed by atoms with E-state index in [9.17, 15) is 8.42 Å². The van der Waals surface area contributed by atoms with E-state index < -0.39 is 10.0 Å². The second-order valence-electron chi connectivity index (χ2n) is 3.89. The molecule has 0 aliphatic heterocycles. The SMILES string of the molecule is Nc1ccc(S(=O)(=O)Nc2cccc(Cl)c2Cl)cc1Br. The van der Waals surface area contributed by atoms with Gasteiger partial charge in [0.05, 0.1) is 20.6 Å². The summed E-state index contributed by atoms with van der Waals surface area (Å²) in [4.78, 5) is 0.0645. The molecule has 0 bridgehead atoms. The van der Waals surface area contributed by atoms with Gasteiger partial charge in [0.2, 0.25) is 0 Å². The smallest absolute Gasteiger partial charge is 0.261 e. The molecule has 0 saturated heterocycles. The minimum atomic E-state index is -3.77. The Morgan fingerprint density at radius 1 is 1.15 bits per heavy atom. The van der Waals surface area contributed by atoms with Crippen LogP contribution < -0.4 is 10.5 Å². The Morgan fingerprint density at radius 3 is 2.50 bits per heavy atom. The summed E-state index contributed by atoms with van der Waals surface area (Å²) in [6.45, 7) is 0. The van der Waals surface area contributed by atoms with Crippen molar-refractivity contribution in [2.75, 3.05) is 10.5 Å². The predicted octanol–water partition coefficient (Wildman–Crippen LogP) is 4.14. The van der Waals surface area contributed by atoms with Crippen molar-refractivity contribution in [3.05, 3.63) is 50.9 Å². The van der Waals surface area contributed by atoms with Crippen molar-refractivity contribution in [1.82, 2.24) is 0 Å². The van der Waals surface area contributed by atoms with Crippen LogP contribution >= 0.6 is 39.1 Å². The fourth-order valence-corrected chi connectivity index (χ4v) is 3.49. The van der Waals surface area contributed by atoms with Gasteiger partial charge in [0.25, 0.3) is 10.0 Å². The van der Waals surface area contributed by atoms with Crippen LogP contribution in [-0.2, 0) is 10.0 Å². The summed E-state index contributed by atoms with van der Waals surface area (Å²) in [6, 6.07) is 9.01. The van der Waals surface area contributed by atoms with Gasteiger partial charge in [0.15, 0.2) is 0 Å². The molecule has 3 N–H and O–H groups in total. The fraction of sp³-hybridized carbons (Fsp3) is 0. The molecule has 2 aromatic carbocycles. The van der Waals surface area contributed by atoms with Gasteiger partial charge in [-0.2, -0.15) is 0 Å². The van der Waals surface area contributed by atoms with Gasteiger partial charge in [-0.3, -0.25) is 4.72 Å². The van der Waals surface area contributed by atoms with Gasteiger partial charge in [-0.05, 0) is 46.3 Å². The summed E-state index contributed by atoms with van der Waals surface area (Å²) < 4.78 is 27.4. The maximum atomic E-state index is 12.3. The lowest BCUT2D eigenvalue weighted by Gasteiger charge is -2.11. The summed E-state index contributed by atoms with van der Waals surface area (Å²) >= 11 is 15.0. The lowest BCUT2D eigenvalue weighted by molar-refractivity contribution is 0.601. The predicted molar refractivity (Wildman–Crippen MR) is 85.8 cm³/mol. The van der Waals surface area contributed by atoms with Gasteiger partial charge in [-0.25, -0.2) is 8.42 Å². The van der Waals surface area contributed by atoms with Crippen molar-refractivity contribution in [3.63, 3.8) is 0 Å². The Morgan fingerprint density at radius 2 is 1.85 bits per heavy atom. The first-order valence-corrected chi connectivity index (χ1v) is 8.36. The molecule has 106 valence electrons. The molecule has 2 aromatic rings. The van der Waals surface area contributed by atoms with Crippen molar-refractivity contribution < 1.29 is 8.42 Å². The number of benzene rings is 2. The molecule has 0 aliphatic carbocycles. The molecule has 0 unspecified atom stereocenters. The first-order chi connectivity index (χ1) is 9.31. The first kappa shape index (κ1) is 15.4. The Labute approximate surface area is 135 Å². The molecule has 8 heteroatoms. The highest BCUT2D eigenvalue weighted by Crippen LogP contribution is 2.31. The number of sulfonamides is 1. The van der Waals surface area contributed by atoms with Crippen molar-refractivity contribution in [2.45, 2.75) is 4.90 Å². The van der Waals surface area contributed by atoms with Gasteiger partial charge < -0.3 is 5.73 Å². The molecule has 0 heterocycles. The molecule has 0 aliphatic rings. The van der Waals surface area contributed by atoms with E-state index in [4.69, 9.17) is 28.9 Å². The molecule has 20 heavy (non-hydrogen) atoms. The zero-order chi connectivity index (χ0) is 14.9. The largest absolute Gasteiger partial charge is 0.398 e. The van der Waals surface area contributed by atoms with Crippen molar-refractivity contribution in [1.29, 1.82) is 0 Å². The third-order valence-electron chi connectivity index (χ3n) is 2.48. The number of hydrogen-bond acceptors (Lipinski definition) is 3. The van der Waals surface area contributed by atoms with Gasteiger partial charge in [0, 0.05) is 10.2 Å². The molecule has 0 atom stereocenters. The second kappa shape index (κ2) is 5.81. The monoisotopic (exact) mass is 394 g/mol. The third kappa shape index (κ3) is 3.20. The third-order valence-corrected chi connectivity index (χ3v) is 5.35. The van der Waals surface area contributed by atoms with E-state index in [1.165, 1.54) is 24.3 Å². The zero-order valence-corrected chi connectivity index (χ0v) is 13.8. The molecule has 0 amide bonds. The van der Waals surface area contributed by atoms with Crippen LogP contribution in [0.25, 0.3) is 0 Å². The second-order valence-corrected chi connectivity index (χ2v) is 7.21. The van der Waals surface area contributed by atoms with E-state index in [1.807, 2.05) is 0 Å². The molecular formula is C12H9BrCl2N2O2S. The highest BCUT2D eigenvalue weighted by atomic mass is 79.9. The number of nitrogen functional groups attached to an aromatic ring is 1. The van der Waals surface area contributed by atoms with E-state index in [1.54, 1.807) is 12.1 Å². The molecule has 0 saturated carbocycles. The summed E-state index contributed by atoms with van der Waals surface area (Å²) in [7, 11) is -3.77. The van der Waals surface area contributed by atoms with Crippen LogP contribution in [0.5, 0.6) is 0 Å². The normalized spacial score (nSPS) is 11.3. The van der Waals surface area contributed by atoms with E-state index in [0.29, 0.717) is 10.2 Å². The van der Waals surface area contributed by atoms with E-state index in [0.717, 1.165) is 0 Å². The number of nitrogens with one attached hydrogen (secondary N) is 1. The minimum absolute atomic E-state index is 0.0645. The highest BCUT2D eigenvalue weighted by Gasteiger charge is 2.17. The van der Waals surface area contributed by atoms with Crippen LogP contribution in [0.4, 0.5) is 11.4 Å². The van der Waals surface area contributed by atoms with Crippen LogP contribution in [0.2, 0.25) is 10.0 Å².